The quantitative estimate of drug-likeness (QED) is 0.851. The second-order valence-electron chi connectivity index (χ2n) is 5.88. The van der Waals surface area contributed by atoms with E-state index in [4.69, 9.17) is 0 Å². The van der Waals surface area contributed by atoms with Crippen molar-refractivity contribution in [2.45, 2.75) is 32.0 Å². The average molecular weight is 294 g/mol. The molecule has 0 radical (unpaired) electrons. The Morgan fingerprint density at radius 1 is 0.909 bits per heavy atom. The summed E-state index contributed by atoms with van der Waals surface area (Å²) in [6.07, 6.45) is 2.40. The third-order valence-electron chi connectivity index (χ3n) is 3.90. The number of rotatable bonds is 7. The molecule has 0 aliphatic heterocycles. The highest BCUT2D eigenvalue weighted by Gasteiger charge is 2.23. The normalized spacial score (nSPS) is 13.8. The van der Waals surface area contributed by atoms with Crippen LogP contribution in [0.15, 0.2) is 60.7 Å². The van der Waals surface area contributed by atoms with Crippen LogP contribution >= 0.6 is 0 Å². The fourth-order valence-electron chi connectivity index (χ4n) is 2.47. The van der Waals surface area contributed by atoms with Gasteiger partial charge in [0, 0.05) is 19.1 Å². The lowest BCUT2D eigenvalue weighted by molar-refractivity contribution is -0.131. The summed E-state index contributed by atoms with van der Waals surface area (Å²) in [6.45, 7) is 1.74. The number of amides is 1. The molecule has 3 nitrogen and oxygen atoms in total. The van der Waals surface area contributed by atoms with E-state index >= 15 is 0 Å². The molecule has 0 unspecified atom stereocenters. The van der Waals surface area contributed by atoms with Crippen LogP contribution in [0.2, 0.25) is 0 Å². The molecule has 3 heteroatoms. The van der Waals surface area contributed by atoms with Crippen LogP contribution in [0.5, 0.6) is 0 Å². The van der Waals surface area contributed by atoms with Gasteiger partial charge in [0.1, 0.15) is 0 Å². The molecule has 114 valence electrons. The summed E-state index contributed by atoms with van der Waals surface area (Å²) in [5.74, 6) is 0.166. The second kappa shape index (κ2) is 7.23. The van der Waals surface area contributed by atoms with Crippen molar-refractivity contribution in [1.82, 2.24) is 10.2 Å². The molecule has 1 N–H and O–H groups in total. The van der Waals surface area contributed by atoms with E-state index in [9.17, 15) is 4.79 Å². The number of carbonyl (C=O) groups excluding carboxylic acids is 1. The first-order valence-electron chi connectivity index (χ1n) is 7.90. The molecular weight excluding hydrogens is 272 g/mol. The number of nitrogens with one attached hydrogen (secondary N) is 1. The van der Waals surface area contributed by atoms with Crippen LogP contribution in [-0.2, 0) is 17.9 Å². The van der Waals surface area contributed by atoms with Crippen molar-refractivity contribution in [2.24, 2.45) is 0 Å². The van der Waals surface area contributed by atoms with Gasteiger partial charge in [0.15, 0.2) is 0 Å². The number of hydrogen-bond donors (Lipinski definition) is 1. The summed E-state index contributed by atoms with van der Waals surface area (Å²) in [7, 11) is 0. The first-order valence-corrected chi connectivity index (χ1v) is 7.90. The van der Waals surface area contributed by atoms with E-state index in [0.29, 0.717) is 25.7 Å². The van der Waals surface area contributed by atoms with Crippen LogP contribution < -0.4 is 5.32 Å². The molecule has 1 aliphatic carbocycles. The third kappa shape index (κ3) is 4.43. The molecule has 0 saturated heterocycles. The van der Waals surface area contributed by atoms with Gasteiger partial charge in [-0.15, -0.1) is 0 Å². The van der Waals surface area contributed by atoms with E-state index in [-0.39, 0.29) is 5.91 Å². The molecular formula is C19H22N2O. The van der Waals surface area contributed by atoms with Gasteiger partial charge in [-0.05, 0) is 24.0 Å². The Balaban J connectivity index is 1.67. The Labute approximate surface area is 132 Å². The second-order valence-corrected chi connectivity index (χ2v) is 5.88. The monoisotopic (exact) mass is 294 g/mol. The van der Waals surface area contributed by atoms with E-state index < -0.39 is 0 Å². The zero-order valence-corrected chi connectivity index (χ0v) is 12.7. The fraction of sp³-hybridized carbons (Fsp3) is 0.316. The molecule has 2 aromatic rings. The number of carbonyl (C=O) groups is 1. The summed E-state index contributed by atoms with van der Waals surface area (Å²) < 4.78 is 0. The molecule has 0 bridgehead atoms. The number of hydrogen-bond acceptors (Lipinski definition) is 2. The van der Waals surface area contributed by atoms with Crippen molar-refractivity contribution in [2.75, 3.05) is 6.54 Å². The maximum atomic E-state index is 12.5. The summed E-state index contributed by atoms with van der Waals surface area (Å²) in [6, 6.07) is 20.9. The van der Waals surface area contributed by atoms with Crippen molar-refractivity contribution in [3.8, 4) is 0 Å². The molecule has 0 atom stereocenters. The van der Waals surface area contributed by atoms with Crippen LogP contribution in [0.4, 0.5) is 0 Å². The number of benzene rings is 2. The van der Waals surface area contributed by atoms with E-state index in [0.717, 1.165) is 0 Å². The molecule has 0 heterocycles. The Morgan fingerprint density at radius 3 is 1.86 bits per heavy atom. The van der Waals surface area contributed by atoms with E-state index in [1.807, 2.05) is 41.3 Å². The van der Waals surface area contributed by atoms with Crippen molar-refractivity contribution in [3.63, 3.8) is 0 Å². The summed E-state index contributed by atoms with van der Waals surface area (Å²) in [4.78, 5) is 14.5. The van der Waals surface area contributed by atoms with Crippen LogP contribution in [0.3, 0.4) is 0 Å². The average Bonchev–Trinajstić information content (AvgIpc) is 3.38. The predicted octanol–water partition coefficient (Wildman–Crippen LogP) is 2.97. The van der Waals surface area contributed by atoms with E-state index in [2.05, 4.69) is 29.6 Å². The minimum atomic E-state index is 0.166. The molecule has 1 amide bonds. The molecule has 0 aromatic heterocycles. The smallest absolute Gasteiger partial charge is 0.237 e. The van der Waals surface area contributed by atoms with Gasteiger partial charge < -0.3 is 10.2 Å². The maximum Gasteiger partial charge on any atom is 0.237 e. The first kappa shape index (κ1) is 14.8. The lowest BCUT2D eigenvalue weighted by atomic mass is 10.1. The van der Waals surface area contributed by atoms with Crippen molar-refractivity contribution in [3.05, 3.63) is 71.8 Å². The maximum absolute atomic E-state index is 12.5. The SMILES string of the molecule is O=C(CNC1CC1)N(Cc1ccccc1)Cc1ccccc1. The molecule has 22 heavy (non-hydrogen) atoms. The lowest BCUT2D eigenvalue weighted by Crippen LogP contribution is -2.38. The minimum absolute atomic E-state index is 0.166. The Hall–Kier alpha value is -2.13. The summed E-state index contributed by atoms with van der Waals surface area (Å²) in [5.41, 5.74) is 2.33. The zero-order chi connectivity index (χ0) is 15.2. The van der Waals surface area contributed by atoms with Crippen molar-refractivity contribution in [1.29, 1.82) is 0 Å². The largest absolute Gasteiger partial charge is 0.333 e. The molecule has 2 aromatic carbocycles. The van der Waals surface area contributed by atoms with Crippen LogP contribution in [-0.4, -0.2) is 23.4 Å². The van der Waals surface area contributed by atoms with Gasteiger partial charge >= 0.3 is 0 Å². The van der Waals surface area contributed by atoms with Gasteiger partial charge in [0.05, 0.1) is 6.54 Å². The van der Waals surface area contributed by atoms with E-state index in [1.54, 1.807) is 0 Å². The molecule has 1 aliphatic rings. The van der Waals surface area contributed by atoms with E-state index in [1.165, 1.54) is 24.0 Å². The van der Waals surface area contributed by atoms with Crippen LogP contribution in [0.25, 0.3) is 0 Å². The molecule has 0 spiro atoms. The van der Waals surface area contributed by atoms with Gasteiger partial charge in [0.2, 0.25) is 5.91 Å². The van der Waals surface area contributed by atoms with Gasteiger partial charge in [-0.25, -0.2) is 0 Å². The highest BCUT2D eigenvalue weighted by atomic mass is 16.2. The standard InChI is InChI=1S/C19H22N2O/c22-19(13-20-18-11-12-18)21(14-16-7-3-1-4-8-16)15-17-9-5-2-6-10-17/h1-10,18,20H,11-15H2. The Kier molecular flexibility index (Phi) is 4.86. The highest BCUT2D eigenvalue weighted by molar-refractivity contribution is 5.78. The van der Waals surface area contributed by atoms with Gasteiger partial charge in [0.25, 0.3) is 0 Å². The third-order valence-corrected chi connectivity index (χ3v) is 3.90. The first-order chi connectivity index (χ1) is 10.8. The van der Waals surface area contributed by atoms with Crippen molar-refractivity contribution < 1.29 is 4.79 Å². The zero-order valence-electron chi connectivity index (χ0n) is 12.7. The van der Waals surface area contributed by atoms with Crippen LogP contribution in [0, 0.1) is 0 Å². The highest BCUT2D eigenvalue weighted by Crippen LogP contribution is 2.18. The molecule has 1 saturated carbocycles. The fourth-order valence-corrected chi connectivity index (χ4v) is 2.47. The van der Waals surface area contributed by atoms with Gasteiger partial charge in [-0.3, -0.25) is 4.79 Å². The van der Waals surface area contributed by atoms with Crippen LogP contribution in [0.1, 0.15) is 24.0 Å². The topological polar surface area (TPSA) is 32.3 Å². The van der Waals surface area contributed by atoms with Crippen molar-refractivity contribution >= 4 is 5.91 Å². The number of nitrogens with zero attached hydrogens (tertiary/aromatic N) is 1. The molecule has 3 rings (SSSR count). The Bertz CT molecular complexity index is 552. The minimum Gasteiger partial charge on any atom is -0.333 e. The lowest BCUT2D eigenvalue weighted by Gasteiger charge is -2.23. The Morgan fingerprint density at radius 2 is 1.41 bits per heavy atom. The van der Waals surface area contributed by atoms with Gasteiger partial charge in [-0.1, -0.05) is 60.7 Å². The molecule has 1 fully saturated rings. The predicted molar refractivity (Wildman–Crippen MR) is 88.2 cm³/mol. The summed E-state index contributed by atoms with van der Waals surface area (Å²) in [5, 5.41) is 3.32. The summed E-state index contributed by atoms with van der Waals surface area (Å²) >= 11 is 0. The van der Waals surface area contributed by atoms with Gasteiger partial charge in [-0.2, -0.15) is 0 Å².